The van der Waals surface area contributed by atoms with Gasteiger partial charge >= 0.3 is 0 Å². The molecule has 1 heterocycles. The summed E-state index contributed by atoms with van der Waals surface area (Å²) in [6.45, 7) is 2.25. The highest BCUT2D eigenvalue weighted by Crippen LogP contribution is 2.19. The molecule has 0 fully saturated rings. The highest BCUT2D eigenvalue weighted by atomic mass is 32.2. The third-order valence-corrected chi connectivity index (χ3v) is 4.69. The van der Waals surface area contributed by atoms with Crippen molar-refractivity contribution in [3.05, 3.63) is 40.9 Å². The van der Waals surface area contributed by atoms with Crippen LogP contribution in [0.1, 0.15) is 22.5 Å². The highest BCUT2D eigenvalue weighted by molar-refractivity contribution is 8.00. The van der Waals surface area contributed by atoms with Crippen LogP contribution in [0.3, 0.4) is 0 Å². The molecule has 0 spiro atoms. The number of thioether (sulfide) groups is 1. The van der Waals surface area contributed by atoms with E-state index in [1.165, 1.54) is 23.1 Å². The molecule has 2 amide bonds. The molecular weight excluding hydrogens is 318 g/mol. The lowest BCUT2D eigenvalue weighted by Crippen LogP contribution is -2.27. The maximum Gasteiger partial charge on any atom is 0.270 e. The second-order valence-corrected chi connectivity index (χ2v) is 6.54. The van der Waals surface area contributed by atoms with Crippen LogP contribution in [0.4, 0.5) is 5.69 Å². The molecule has 1 aromatic carbocycles. The molecule has 2 aromatic rings. The summed E-state index contributed by atoms with van der Waals surface area (Å²) in [5.74, 6) is -0.381. The third-order valence-electron chi connectivity index (χ3n) is 2.83. The number of amides is 2. The topological polar surface area (TPSA) is 71.1 Å². The van der Waals surface area contributed by atoms with E-state index in [0.717, 1.165) is 15.6 Å². The molecule has 0 bridgehead atoms. The zero-order valence-corrected chi connectivity index (χ0v) is 14.0. The molecule has 5 nitrogen and oxygen atoms in total. The van der Waals surface area contributed by atoms with E-state index in [1.54, 1.807) is 5.38 Å². The van der Waals surface area contributed by atoms with Gasteiger partial charge in [0, 0.05) is 24.0 Å². The second kappa shape index (κ2) is 7.95. The minimum Gasteiger partial charge on any atom is -0.350 e. The second-order valence-electron chi connectivity index (χ2n) is 4.63. The first-order chi connectivity index (χ1) is 10.6. The van der Waals surface area contributed by atoms with E-state index >= 15 is 0 Å². The summed E-state index contributed by atoms with van der Waals surface area (Å²) >= 11 is 2.93. The van der Waals surface area contributed by atoms with Crippen LogP contribution in [0.25, 0.3) is 0 Å². The van der Waals surface area contributed by atoms with Crippen LogP contribution in [-0.2, 0) is 4.79 Å². The molecule has 2 N–H and O–H groups in total. The first-order valence-corrected chi connectivity index (χ1v) is 8.83. The van der Waals surface area contributed by atoms with Gasteiger partial charge in [0.15, 0.2) is 0 Å². The number of hydrogen-bond acceptors (Lipinski definition) is 5. The lowest BCUT2D eigenvalue weighted by Gasteiger charge is -2.06. The number of rotatable bonds is 6. The lowest BCUT2D eigenvalue weighted by atomic mass is 10.2. The van der Waals surface area contributed by atoms with Crippen molar-refractivity contribution in [2.45, 2.75) is 17.7 Å². The van der Waals surface area contributed by atoms with Crippen LogP contribution in [0.15, 0.2) is 34.0 Å². The van der Waals surface area contributed by atoms with Gasteiger partial charge in [-0.25, -0.2) is 4.98 Å². The fourth-order valence-electron chi connectivity index (χ4n) is 1.78. The minimum absolute atomic E-state index is 0.131. The number of aromatic nitrogens is 1. The van der Waals surface area contributed by atoms with Gasteiger partial charge in [-0.3, -0.25) is 9.59 Å². The van der Waals surface area contributed by atoms with Crippen molar-refractivity contribution >= 4 is 40.6 Å². The molecule has 22 heavy (non-hydrogen) atoms. The Hall–Kier alpha value is -1.86. The average Bonchev–Trinajstić information content (AvgIpc) is 2.96. The van der Waals surface area contributed by atoms with Crippen molar-refractivity contribution in [3.8, 4) is 0 Å². The number of hydrogen-bond donors (Lipinski definition) is 2. The Labute approximate surface area is 137 Å². The Morgan fingerprint density at radius 3 is 2.86 bits per heavy atom. The summed E-state index contributed by atoms with van der Waals surface area (Å²) in [7, 11) is 0. The van der Waals surface area contributed by atoms with Gasteiger partial charge in [0.2, 0.25) is 5.91 Å². The van der Waals surface area contributed by atoms with Gasteiger partial charge in [-0.15, -0.1) is 11.3 Å². The van der Waals surface area contributed by atoms with Crippen LogP contribution in [0, 0.1) is 6.92 Å². The highest BCUT2D eigenvalue weighted by Gasteiger charge is 2.10. The Balaban J connectivity index is 1.76. The Bertz CT molecular complexity index is 670. The van der Waals surface area contributed by atoms with Gasteiger partial charge in [0.05, 0.1) is 0 Å². The monoisotopic (exact) mass is 335 g/mol. The van der Waals surface area contributed by atoms with Crippen LogP contribution in [-0.4, -0.2) is 29.6 Å². The number of nitrogens with zero attached hydrogens (tertiary/aromatic N) is 1. The van der Waals surface area contributed by atoms with Gasteiger partial charge in [-0.1, -0.05) is 23.9 Å². The molecule has 0 saturated carbocycles. The average molecular weight is 335 g/mol. The van der Waals surface area contributed by atoms with Gasteiger partial charge in [-0.05, 0) is 30.9 Å². The molecule has 0 unspecified atom stereocenters. The molecular formula is C15H17N3O2S2. The summed E-state index contributed by atoms with van der Waals surface area (Å²) in [5, 5.41) is 7.22. The molecule has 7 heteroatoms. The van der Waals surface area contributed by atoms with Crippen molar-refractivity contribution in [1.29, 1.82) is 0 Å². The lowest BCUT2D eigenvalue weighted by molar-refractivity contribution is -0.116. The maximum atomic E-state index is 11.9. The molecule has 0 aliphatic rings. The van der Waals surface area contributed by atoms with E-state index in [0.29, 0.717) is 5.69 Å². The number of anilines is 1. The van der Waals surface area contributed by atoms with Gasteiger partial charge in [0.1, 0.15) is 10.0 Å². The van der Waals surface area contributed by atoms with E-state index in [9.17, 15) is 9.59 Å². The Morgan fingerprint density at radius 1 is 1.36 bits per heavy atom. The van der Waals surface area contributed by atoms with E-state index in [4.69, 9.17) is 0 Å². The number of thiazole rings is 1. The van der Waals surface area contributed by atoms with Crippen molar-refractivity contribution in [2.24, 2.45) is 0 Å². The predicted octanol–water partition coefficient (Wildman–Crippen LogP) is 2.93. The van der Waals surface area contributed by atoms with Crippen LogP contribution < -0.4 is 10.6 Å². The van der Waals surface area contributed by atoms with Crippen LogP contribution >= 0.6 is 23.1 Å². The fraction of sp³-hybridized carbons (Fsp3) is 0.267. The smallest absolute Gasteiger partial charge is 0.270 e. The molecule has 0 aliphatic heterocycles. The van der Waals surface area contributed by atoms with E-state index in [-0.39, 0.29) is 24.8 Å². The largest absolute Gasteiger partial charge is 0.350 e. The van der Waals surface area contributed by atoms with Crippen molar-refractivity contribution < 1.29 is 9.59 Å². The van der Waals surface area contributed by atoms with Crippen LogP contribution in [0.2, 0.25) is 0 Å². The molecule has 0 saturated heterocycles. The third kappa shape index (κ3) is 4.85. The van der Waals surface area contributed by atoms with E-state index in [2.05, 4.69) is 15.6 Å². The summed E-state index contributed by atoms with van der Waals surface area (Å²) in [4.78, 5) is 27.8. The molecule has 0 aliphatic carbocycles. The van der Waals surface area contributed by atoms with E-state index < -0.39 is 0 Å². The Morgan fingerprint density at radius 2 is 2.18 bits per heavy atom. The van der Waals surface area contributed by atoms with Gasteiger partial charge in [0.25, 0.3) is 5.91 Å². The number of carbonyl (C=O) groups is 2. The summed E-state index contributed by atoms with van der Waals surface area (Å²) in [6.07, 6.45) is 2.13. The normalized spacial score (nSPS) is 10.3. The molecule has 1 aromatic heterocycles. The van der Waals surface area contributed by atoms with Crippen molar-refractivity contribution in [3.63, 3.8) is 0 Å². The number of carbonyl (C=O) groups excluding carboxylic acids is 2. The molecule has 116 valence electrons. The predicted molar refractivity (Wildman–Crippen MR) is 90.7 cm³/mol. The zero-order valence-electron chi connectivity index (χ0n) is 12.4. The SMILES string of the molecule is CSc1nc(C(=O)NCCC(=O)Nc2cccc(C)c2)cs1. The zero-order chi connectivity index (χ0) is 15.9. The van der Waals surface area contributed by atoms with Crippen molar-refractivity contribution in [2.75, 3.05) is 18.1 Å². The quantitative estimate of drug-likeness (QED) is 0.796. The molecule has 2 rings (SSSR count). The summed E-state index contributed by atoms with van der Waals surface area (Å²) in [6, 6.07) is 7.59. The maximum absolute atomic E-state index is 11.9. The first kappa shape index (κ1) is 16.5. The van der Waals surface area contributed by atoms with E-state index in [1.807, 2.05) is 37.4 Å². The van der Waals surface area contributed by atoms with Crippen LogP contribution in [0.5, 0.6) is 0 Å². The standard InChI is InChI=1S/C15H17N3O2S2/c1-10-4-3-5-11(8-10)17-13(19)6-7-16-14(20)12-9-22-15(18-12)21-2/h3-5,8-9H,6-7H2,1-2H3,(H,16,20)(H,17,19). The number of nitrogens with one attached hydrogen (secondary N) is 2. The summed E-state index contributed by atoms with van der Waals surface area (Å²) in [5.41, 5.74) is 2.24. The Kier molecular flexibility index (Phi) is 5.97. The van der Waals surface area contributed by atoms with Gasteiger partial charge < -0.3 is 10.6 Å². The van der Waals surface area contributed by atoms with Crippen molar-refractivity contribution in [1.82, 2.24) is 10.3 Å². The summed E-state index contributed by atoms with van der Waals surface area (Å²) < 4.78 is 0.849. The molecule has 0 radical (unpaired) electrons. The number of aryl methyl sites for hydroxylation is 1. The molecule has 0 atom stereocenters. The van der Waals surface area contributed by atoms with Gasteiger partial charge in [-0.2, -0.15) is 0 Å². The fourth-order valence-corrected chi connectivity index (χ4v) is 3.02. The minimum atomic E-state index is -0.250. The first-order valence-electron chi connectivity index (χ1n) is 6.72. The number of benzene rings is 1.